The van der Waals surface area contributed by atoms with Crippen molar-refractivity contribution in [3.8, 4) is 0 Å². The van der Waals surface area contributed by atoms with Gasteiger partial charge >= 0.3 is 0 Å². The standard InChI is InChI=1S/C22H27N3O2/c26-19-9-6-13-23(17-19)14-12-22(27)25-16-15-24(18-7-2-1-3-8-18)20-10-4-5-11-21(20)25/h1-5,7-8,10-11,19,26H,6,9,12-17H2. The van der Waals surface area contributed by atoms with E-state index in [4.69, 9.17) is 0 Å². The van der Waals surface area contributed by atoms with E-state index < -0.39 is 0 Å². The Morgan fingerprint density at radius 3 is 2.48 bits per heavy atom. The number of likely N-dealkylation sites (tertiary alicyclic amines) is 1. The summed E-state index contributed by atoms with van der Waals surface area (Å²) in [5, 5.41) is 9.82. The molecule has 1 fully saturated rings. The van der Waals surface area contributed by atoms with Gasteiger partial charge in [-0.3, -0.25) is 4.79 Å². The second-order valence-electron chi connectivity index (χ2n) is 7.37. The zero-order valence-electron chi connectivity index (χ0n) is 15.6. The molecule has 1 unspecified atom stereocenters. The molecule has 0 aromatic heterocycles. The van der Waals surface area contributed by atoms with Gasteiger partial charge in [-0.15, -0.1) is 0 Å². The molecule has 4 rings (SSSR count). The van der Waals surface area contributed by atoms with E-state index in [1.54, 1.807) is 0 Å². The van der Waals surface area contributed by atoms with E-state index in [-0.39, 0.29) is 12.0 Å². The fourth-order valence-corrected chi connectivity index (χ4v) is 4.12. The summed E-state index contributed by atoms with van der Waals surface area (Å²) < 4.78 is 0. The Balaban J connectivity index is 1.48. The van der Waals surface area contributed by atoms with Crippen LogP contribution in [0.15, 0.2) is 54.6 Å². The van der Waals surface area contributed by atoms with E-state index in [0.717, 1.165) is 49.5 Å². The number of aliphatic hydroxyl groups is 1. The van der Waals surface area contributed by atoms with Crippen LogP contribution in [0.4, 0.5) is 17.1 Å². The maximum Gasteiger partial charge on any atom is 0.228 e. The molecule has 142 valence electrons. The van der Waals surface area contributed by atoms with E-state index >= 15 is 0 Å². The Labute approximate surface area is 160 Å². The van der Waals surface area contributed by atoms with E-state index in [1.807, 2.05) is 41.3 Å². The van der Waals surface area contributed by atoms with Crippen molar-refractivity contribution in [3.63, 3.8) is 0 Å². The maximum atomic E-state index is 12.9. The van der Waals surface area contributed by atoms with Gasteiger partial charge in [-0.05, 0) is 43.7 Å². The molecule has 1 saturated heterocycles. The Hall–Kier alpha value is -2.37. The van der Waals surface area contributed by atoms with Gasteiger partial charge in [0, 0.05) is 38.3 Å². The Morgan fingerprint density at radius 2 is 1.70 bits per heavy atom. The largest absolute Gasteiger partial charge is 0.392 e. The lowest BCUT2D eigenvalue weighted by molar-refractivity contribution is -0.119. The van der Waals surface area contributed by atoms with Crippen molar-refractivity contribution >= 4 is 23.0 Å². The third-order valence-electron chi connectivity index (χ3n) is 5.50. The Kier molecular flexibility index (Phi) is 5.41. The summed E-state index contributed by atoms with van der Waals surface area (Å²) in [6, 6.07) is 18.5. The minimum atomic E-state index is -0.246. The molecular weight excluding hydrogens is 338 g/mol. The summed E-state index contributed by atoms with van der Waals surface area (Å²) in [6.45, 7) is 3.86. The summed E-state index contributed by atoms with van der Waals surface area (Å²) in [5.74, 6) is 0.162. The molecule has 2 aliphatic heterocycles. The average molecular weight is 365 g/mol. The Morgan fingerprint density at radius 1 is 0.963 bits per heavy atom. The molecule has 1 N–H and O–H groups in total. The topological polar surface area (TPSA) is 47.0 Å². The van der Waals surface area contributed by atoms with Crippen molar-refractivity contribution in [2.75, 3.05) is 42.5 Å². The number of fused-ring (bicyclic) bond motifs is 1. The van der Waals surface area contributed by atoms with Gasteiger partial charge in [0.1, 0.15) is 0 Å². The molecule has 0 spiro atoms. The Bertz CT molecular complexity index is 780. The highest BCUT2D eigenvalue weighted by Crippen LogP contribution is 2.37. The predicted molar refractivity (Wildman–Crippen MR) is 109 cm³/mol. The van der Waals surface area contributed by atoms with Crippen LogP contribution in [0.3, 0.4) is 0 Å². The van der Waals surface area contributed by atoms with E-state index in [9.17, 15) is 9.90 Å². The maximum absolute atomic E-state index is 12.9. The number of nitrogens with zero attached hydrogens (tertiary/aromatic N) is 3. The monoisotopic (exact) mass is 365 g/mol. The molecule has 2 aromatic carbocycles. The number of carbonyl (C=O) groups excluding carboxylic acids is 1. The van der Waals surface area contributed by atoms with Crippen LogP contribution in [0.1, 0.15) is 19.3 Å². The molecule has 27 heavy (non-hydrogen) atoms. The molecule has 1 atom stereocenters. The first-order valence-corrected chi connectivity index (χ1v) is 9.85. The summed E-state index contributed by atoms with van der Waals surface area (Å²) in [4.78, 5) is 19.4. The molecular formula is C22H27N3O2. The van der Waals surface area contributed by atoms with Crippen molar-refractivity contribution < 1.29 is 9.90 Å². The summed E-state index contributed by atoms with van der Waals surface area (Å²) in [7, 11) is 0. The number of hydrogen-bond acceptors (Lipinski definition) is 4. The number of anilines is 3. The summed E-state index contributed by atoms with van der Waals surface area (Å²) in [6.07, 6.45) is 2.13. The number of rotatable bonds is 4. The van der Waals surface area contributed by atoms with Gasteiger partial charge in [-0.25, -0.2) is 0 Å². The number of carbonyl (C=O) groups is 1. The van der Waals surface area contributed by atoms with E-state index in [1.165, 1.54) is 0 Å². The van der Waals surface area contributed by atoms with Crippen LogP contribution < -0.4 is 9.80 Å². The molecule has 2 aromatic rings. The molecule has 1 amide bonds. The highest BCUT2D eigenvalue weighted by Gasteiger charge is 2.27. The minimum absolute atomic E-state index is 0.162. The van der Waals surface area contributed by atoms with Gasteiger partial charge in [-0.2, -0.15) is 0 Å². The highest BCUT2D eigenvalue weighted by molar-refractivity contribution is 5.98. The molecule has 2 aliphatic rings. The predicted octanol–water partition coefficient (Wildman–Crippen LogP) is 3.02. The second-order valence-corrected chi connectivity index (χ2v) is 7.37. The van der Waals surface area contributed by atoms with Gasteiger partial charge in [0.05, 0.1) is 17.5 Å². The fourth-order valence-electron chi connectivity index (χ4n) is 4.12. The lowest BCUT2D eigenvalue weighted by atomic mass is 10.1. The van der Waals surface area contributed by atoms with Crippen LogP contribution in [0.5, 0.6) is 0 Å². The summed E-state index contributed by atoms with van der Waals surface area (Å²) >= 11 is 0. The number of hydrogen-bond donors (Lipinski definition) is 1. The SMILES string of the molecule is O=C(CCN1CCCC(O)C1)N1CCN(c2ccccc2)c2ccccc21. The zero-order valence-corrected chi connectivity index (χ0v) is 15.6. The first-order valence-electron chi connectivity index (χ1n) is 9.85. The van der Waals surface area contributed by atoms with Crippen molar-refractivity contribution in [2.45, 2.75) is 25.4 Å². The van der Waals surface area contributed by atoms with Gasteiger partial charge in [0.25, 0.3) is 0 Å². The number of para-hydroxylation sites is 3. The van der Waals surface area contributed by atoms with Gasteiger partial charge in [0.2, 0.25) is 5.91 Å². The molecule has 0 bridgehead atoms. The van der Waals surface area contributed by atoms with Crippen LogP contribution in [-0.4, -0.2) is 54.7 Å². The van der Waals surface area contributed by atoms with Gasteiger partial charge in [0.15, 0.2) is 0 Å². The number of amides is 1. The number of benzene rings is 2. The number of piperidine rings is 1. The van der Waals surface area contributed by atoms with Crippen molar-refractivity contribution in [2.24, 2.45) is 0 Å². The third kappa shape index (κ3) is 3.99. The lowest BCUT2D eigenvalue weighted by Gasteiger charge is -2.38. The van der Waals surface area contributed by atoms with Crippen LogP contribution >= 0.6 is 0 Å². The summed E-state index contributed by atoms with van der Waals surface area (Å²) in [5.41, 5.74) is 3.22. The normalized spacial score (nSPS) is 20.4. The molecule has 0 saturated carbocycles. The highest BCUT2D eigenvalue weighted by atomic mass is 16.3. The van der Waals surface area contributed by atoms with E-state index in [2.05, 4.69) is 28.0 Å². The lowest BCUT2D eigenvalue weighted by Crippen LogP contribution is -2.44. The molecule has 5 heteroatoms. The zero-order chi connectivity index (χ0) is 18.6. The van der Waals surface area contributed by atoms with E-state index in [0.29, 0.717) is 19.5 Å². The van der Waals surface area contributed by atoms with Gasteiger partial charge < -0.3 is 19.8 Å². The third-order valence-corrected chi connectivity index (χ3v) is 5.50. The molecule has 0 aliphatic carbocycles. The molecule has 2 heterocycles. The fraction of sp³-hybridized carbons (Fsp3) is 0.409. The molecule has 0 radical (unpaired) electrons. The van der Waals surface area contributed by atoms with Crippen LogP contribution in [-0.2, 0) is 4.79 Å². The van der Waals surface area contributed by atoms with Crippen molar-refractivity contribution in [1.29, 1.82) is 0 Å². The van der Waals surface area contributed by atoms with Gasteiger partial charge in [-0.1, -0.05) is 30.3 Å². The van der Waals surface area contributed by atoms with Crippen molar-refractivity contribution in [1.82, 2.24) is 4.90 Å². The second kappa shape index (κ2) is 8.11. The number of β-amino-alcohol motifs (C(OH)–C–C–N with tert-alkyl or cyclic N) is 1. The van der Waals surface area contributed by atoms with Crippen LogP contribution in [0.25, 0.3) is 0 Å². The quantitative estimate of drug-likeness (QED) is 0.905. The first kappa shape index (κ1) is 18.0. The first-order chi connectivity index (χ1) is 13.2. The van der Waals surface area contributed by atoms with Crippen LogP contribution in [0.2, 0.25) is 0 Å². The smallest absolute Gasteiger partial charge is 0.228 e. The average Bonchev–Trinajstić information content (AvgIpc) is 2.72. The minimum Gasteiger partial charge on any atom is -0.392 e. The van der Waals surface area contributed by atoms with Crippen molar-refractivity contribution in [3.05, 3.63) is 54.6 Å². The molecule has 5 nitrogen and oxygen atoms in total. The van der Waals surface area contributed by atoms with Crippen LogP contribution in [0, 0.1) is 0 Å². The number of aliphatic hydroxyl groups excluding tert-OH is 1.